The van der Waals surface area contributed by atoms with Crippen molar-refractivity contribution in [1.29, 1.82) is 0 Å². The predicted octanol–water partition coefficient (Wildman–Crippen LogP) is 0.325. The largest absolute Gasteiger partial charge is 0.481 e. The van der Waals surface area contributed by atoms with Crippen LogP contribution in [-0.4, -0.2) is 51.4 Å². The van der Waals surface area contributed by atoms with Crippen molar-refractivity contribution in [2.24, 2.45) is 18.9 Å². The van der Waals surface area contributed by atoms with E-state index in [-0.39, 0.29) is 11.9 Å². The smallest absolute Gasteiger partial charge is 0.317 e. The molecule has 0 spiro atoms. The highest BCUT2D eigenvalue weighted by Crippen LogP contribution is 2.23. The lowest BCUT2D eigenvalue weighted by Crippen LogP contribution is -2.56. The number of aromatic nitrogens is 2. The minimum absolute atomic E-state index is 0.0651. The van der Waals surface area contributed by atoms with Crippen LogP contribution in [0.2, 0.25) is 0 Å². The lowest BCUT2D eigenvalue weighted by atomic mass is 9.87. The summed E-state index contributed by atoms with van der Waals surface area (Å²) in [7, 11) is 1.87. The molecular weight excluding hydrogens is 260 g/mol. The van der Waals surface area contributed by atoms with Gasteiger partial charge < -0.3 is 15.3 Å². The summed E-state index contributed by atoms with van der Waals surface area (Å²) in [6, 6.07) is 1.79. The molecule has 2 heterocycles. The highest BCUT2D eigenvalue weighted by Gasteiger charge is 2.36. The molecule has 2 amide bonds. The van der Waals surface area contributed by atoms with E-state index in [1.54, 1.807) is 22.7 Å². The maximum absolute atomic E-state index is 11.8. The van der Waals surface area contributed by atoms with Gasteiger partial charge in [-0.05, 0) is 6.07 Å². The van der Waals surface area contributed by atoms with E-state index < -0.39 is 11.9 Å². The molecule has 1 aliphatic rings. The second kappa shape index (κ2) is 5.94. The summed E-state index contributed by atoms with van der Waals surface area (Å²) in [6.45, 7) is 3.27. The Bertz CT molecular complexity index is 494. The molecule has 0 saturated carbocycles. The van der Waals surface area contributed by atoms with Crippen molar-refractivity contribution in [3.8, 4) is 0 Å². The maximum atomic E-state index is 11.8. The molecule has 2 rings (SSSR count). The number of likely N-dealkylation sites (tertiary alicyclic amines) is 1. The van der Waals surface area contributed by atoms with E-state index in [9.17, 15) is 9.59 Å². The molecule has 2 N–H and O–H groups in total. The summed E-state index contributed by atoms with van der Waals surface area (Å²) in [5.74, 6) is -1.13. The van der Waals surface area contributed by atoms with E-state index in [2.05, 4.69) is 10.4 Å². The first kappa shape index (κ1) is 14.4. The molecule has 110 valence electrons. The average molecular weight is 280 g/mol. The van der Waals surface area contributed by atoms with Crippen molar-refractivity contribution >= 4 is 12.0 Å². The van der Waals surface area contributed by atoms with E-state index in [0.29, 0.717) is 19.6 Å². The molecule has 1 atom stereocenters. The summed E-state index contributed by atoms with van der Waals surface area (Å²) in [6.07, 6.45) is 2.45. The molecule has 1 aromatic rings. The number of carboxylic acids is 1. The molecule has 7 heteroatoms. The number of nitrogens with one attached hydrogen (secondary N) is 1. The fourth-order valence-corrected chi connectivity index (χ4v) is 2.25. The van der Waals surface area contributed by atoms with Crippen LogP contribution >= 0.6 is 0 Å². The zero-order valence-corrected chi connectivity index (χ0v) is 11.7. The van der Waals surface area contributed by atoms with Crippen LogP contribution in [0.5, 0.6) is 0 Å². The van der Waals surface area contributed by atoms with Gasteiger partial charge in [0.25, 0.3) is 0 Å². The van der Waals surface area contributed by atoms with Crippen molar-refractivity contribution in [3.63, 3.8) is 0 Å². The lowest BCUT2D eigenvalue weighted by Gasteiger charge is -2.41. The van der Waals surface area contributed by atoms with Gasteiger partial charge in [-0.25, -0.2) is 4.79 Å². The van der Waals surface area contributed by atoms with E-state index >= 15 is 0 Å². The number of carbonyl (C=O) groups is 2. The van der Waals surface area contributed by atoms with Gasteiger partial charge in [0.05, 0.1) is 5.92 Å². The van der Waals surface area contributed by atoms with Crippen LogP contribution in [0.15, 0.2) is 12.3 Å². The number of hydrogen-bond donors (Lipinski definition) is 2. The molecule has 7 nitrogen and oxygen atoms in total. The second-order valence-electron chi connectivity index (χ2n) is 5.22. The van der Waals surface area contributed by atoms with Crippen molar-refractivity contribution in [2.45, 2.75) is 13.3 Å². The molecule has 1 saturated heterocycles. The first-order valence-electron chi connectivity index (χ1n) is 6.71. The molecule has 0 radical (unpaired) electrons. The van der Waals surface area contributed by atoms with Gasteiger partial charge in [0.2, 0.25) is 0 Å². The maximum Gasteiger partial charge on any atom is 0.317 e. The Hall–Kier alpha value is -2.05. The third-order valence-corrected chi connectivity index (χ3v) is 3.87. The molecule has 0 bridgehead atoms. The third-order valence-electron chi connectivity index (χ3n) is 3.87. The molecule has 1 aromatic heterocycles. The van der Waals surface area contributed by atoms with E-state index in [1.807, 2.05) is 13.1 Å². The van der Waals surface area contributed by atoms with Gasteiger partial charge >= 0.3 is 12.0 Å². The quantitative estimate of drug-likeness (QED) is 0.813. The minimum atomic E-state index is -0.800. The monoisotopic (exact) mass is 280 g/mol. The highest BCUT2D eigenvalue weighted by atomic mass is 16.4. The molecule has 0 aromatic carbocycles. The summed E-state index contributed by atoms with van der Waals surface area (Å²) in [5, 5.41) is 15.8. The fourth-order valence-electron chi connectivity index (χ4n) is 2.25. The number of urea groups is 1. The Balaban J connectivity index is 1.67. The number of rotatable bonds is 5. The van der Waals surface area contributed by atoms with Gasteiger partial charge in [-0.1, -0.05) is 6.92 Å². The van der Waals surface area contributed by atoms with Crippen LogP contribution in [0.25, 0.3) is 0 Å². The van der Waals surface area contributed by atoms with Gasteiger partial charge in [0.1, 0.15) is 0 Å². The van der Waals surface area contributed by atoms with Crippen LogP contribution < -0.4 is 5.32 Å². The molecule has 1 aliphatic heterocycles. The van der Waals surface area contributed by atoms with Gasteiger partial charge in [-0.2, -0.15) is 5.10 Å². The normalized spacial score (nSPS) is 16.6. The van der Waals surface area contributed by atoms with E-state index in [4.69, 9.17) is 5.11 Å². The predicted molar refractivity (Wildman–Crippen MR) is 72.2 cm³/mol. The average Bonchev–Trinajstić information content (AvgIpc) is 2.73. The van der Waals surface area contributed by atoms with Gasteiger partial charge in [-0.15, -0.1) is 0 Å². The standard InChI is InChI=1S/C13H20N4O3/c1-9(12(18)19)10-7-17(8-10)13(20)14-5-3-11-4-6-15-16(11)2/h4,6,9-10H,3,5,7-8H2,1-2H3,(H,14,20)(H,18,19). The Morgan fingerprint density at radius 1 is 1.55 bits per heavy atom. The van der Waals surface area contributed by atoms with Crippen LogP contribution in [-0.2, 0) is 18.3 Å². The number of hydrogen-bond acceptors (Lipinski definition) is 3. The molecule has 20 heavy (non-hydrogen) atoms. The van der Waals surface area contributed by atoms with Crippen LogP contribution in [0.3, 0.4) is 0 Å². The summed E-state index contributed by atoms with van der Waals surface area (Å²) < 4.78 is 1.78. The Morgan fingerprint density at radius 3 is 2.80 bits per heavy atom. The van der Waals surface area contributed by atoms with Crippen molar-refractivity contribution in [2.75, 3.05) is 19.6 Å². The number of nitrogens with zero attached hydrogens (tertiary/aromatic N) is 3. The molecule has 1 unspecified atom stereocenters. The number of amides is 2. The van der Waals surface area contributed by atoms with Crippen molar-refractivity contribution in [1.82, 2.24) is 20.0 Å². The number of carboxylic acid groups (broad SMARTS) is 1. The van der Waals surface area contributed by atoms with Crippen LogP contribution in [0.1, 0.15) is 12.6 Å². The first-order chi connectivity index (χ1) is 9.49. The zero-order valence-electron chi connectivity index (χ0n) is 11.7. The minimum Gasteiger partial charge on any atom is -0.481 e. The van der Waals surface area contributed by atoms with Crippen LogP contribution in [0, 0.1) is 11.8 Å². The molecule has 1 fully saturated rings. The number of aliphatic carboxylic acids is 1. The zero-order chi connectivity index (χ0) is 14.7. The summed E-state index contributed by atoms with van der Waals surface area (Å²) >= 11 is 0. The van der Waals surface area contributed by atoms with Crippen molar-refractivity contribution < 1.29 is 14.7 Å². The number of aryl methyl sites for hydroxylation is 1. The molecule has 0 aliphatic carbocycles. The lowest BCUT2D eigenvalue weighted by molar-refractivity contribution is -0.144. The van der Waals surface area contributed by atoms with Crippen molar-refractivity contribution in [3.05, 3.63) is 18.0 Å². The topological polar surface area (TPSA) is 87.5 Å². The fraction of sp³-hybridized carbons (Fsp3) is 0.615. The Kier molecular flexibility index (Phi) is 4.26. The van der Waals surface area contributed by atoms with Crippen LogP contribution in [0.4, 0.5) is 4.79 Å². The summed E-state index contributed by atoms with van der Waals surface area (Å²) in [5.41, 5.74) is 1.06. The number of carbonyl (C=O) groups excluding carboxylic acids is 1. The Labute approximate surface area is 117 Å². The Morgan fingerprint density at radius 2 is 2.25 bits per heavy atom. The SMILES string of the molecule is CC(C(=O)O)C1CN(C(=O)NCCc2ccnn2C)C1. The summed E-state index contributed by atoms with van der Waals surface area (Å²) in [4.78, 5) is 24.3. The van der Waals surface area contributed by atoms with Gasteiger partial charge in [0, 0.05) is 50.9 Å². The van der Waals surface area contributed by atoms with E-state index in [1.165, 1.54) is 0 Å². The van der Waals surface area contributed by atoms with Gasteiger partial charge in [0.15, 0.2) is 0 Å². The van der Waals surface area contributed by atoms with Gasteiger partial charge in [-0.3, -0.25) is 9.48 Å². The first-order valence-corrected chi connectivity index (χ1v) is 6.71. The van der Waals surface area contributed by atoms with E-state index in [0.717, 1.165) is 12.1 Å². The second-order valence-corrected chi connectivity index (χ2v) is 5.22. The molecular formula is C13H20N4O3. The third kappa shape index (κ3) is 3.09. The highest BCUT2D eigenvalue weighted by molar-refractivity contribution is 5.76.